The van der Waals surface area contributed by atoms with Crippen LogP contribution in [0.25, 0.3) is 10.2 Å². The number of fused-ring (bicyclic) bond motifs is 3. The summed E-state index contributed by atoms with van der Waals surface area (Å²) < 4.78 is 0. The van der Waals surface area contributed by atoms with E-state index in [9.17, 15) is 0 Å². The number of rotatable bonds is 5. The van der Waals surface area contributed by atoms with E-state index < -0.39 is 0 Å². The SMILES string of the molecule is C[C@H]1CCc2sc3ncnc(NCCCN(C)C)c3c2C1. The maximum Gasteiger partial charge on any atom is 0.138 e. The number of aromatic nitrogens is 2. The lowest BCUT2D eigenvalue weighted by Gasteiger charge is -2.18. The molecule has 114 valence electrons. The molecule has 0 saturated heterocycles. The highest BCUT2D eigenvalue weighted by atomic mass is 32.1. The van der Waals surface area contributed by atoms with Crippen LogP contribution in [0.15, 0.2) is 6.33 Å². The molecule has 0 bridgehead atoms. The second kappa shape index (κ2) is 6.28. The van der Waals surface area contributed by atoms with Gasteiger partial charge in [0.05, 0.1) is 5.39 Å². The number of hydrogen-bond acceptors (Lipinski definition) is 5. The molecular formula is C16H24N4S. The van der Waals surface area contributed by atoms with Gasteiger partial charge in [0.15, 0.2) is 0 Å². The fraction of sp³-hybridized carbons (Fsp3) is 0.625. The summed E-state index contributed by atoms with van der Waals surface area (Å²) in [6, 6.07) is 0. The molecule has 21 heavy (non-hydrogen) atoms. The maximum atomic E-state index is 4.50. The van der Waals surface area contributed by atoms with Crippen molar-refractivity contribution < 1.29 is 0 Å². The summed E-state index contributed by atoms with van der Waals surface area (Å²) in [6.07, 6.45) is 6.51. The molecule has 0 spiro atoms. The number of anilines is 1. The molecule has 0 aromatic carbocycles. The van der Waals surface area contributed by atoms with E-state index in [1.807, 2.05) is 11.3 Å². The van der Waals surface area contributed by atoms with Gasteiger partial charge in [0.2, 0.25) is 0 Å². The summed E-state index contributed by atoms with van der Waals surface area (Å²) in [4.78, 5) is 13.9. The van der Waals surface area contributed by atoms with Crippen LogP contribution in [0.5, 0.6) is 0 Å². The van der Waals surface area contributed by atoms with E-state index in [-0.39, 0.29) is 0 Å². The Balaban J connectivity index is 1.83. The molecule has 3 rings (SSSR count). The topological polar surface area (TPSA) is 41.1 Å². The average molecular weight is 304 g/mol. The van der Waals surface area contributed by atoms with Crippen molar-refractivity contribution in [2.45, 2.75) is 32.6 Å². The molecule has 1 aliphatic rings. The highest BCUT2D eigenvalue weighted by Crippen LogP contribution is 2.39. The second-order valence-corrected chi connectivity index (χ2v) is 7.42. The first-order valence-corrected chi connectivity index (χ1v) is 8.60. The first-order valence-electron chi connectivity index (χ1n) is 7.79. The zero-order chi connectivity index (χ0) is 14.8. The van der Waals surface area contributed by atoms with Crippen LogP contribution in [-0.2, 0) is 12.8 Å². The van der Waals surface area contributed by atoms with Crippen molar-refractivity contribution in [3.05, 3.63) is 16.8 Å². The Kier molecular flexibility index (Phi) is 4.40. The first-order chi connectivity index (χ1) is 10.1. The lowest BCUT2D eigenvalue weighted by Crippen LogP contribution is -2.17. The molecule has 2 heterocycles. The van der Waals surface area contributed by atoms with Gasteiger partial charge in [0, 0.05) is 11.4 Å². The third-order valence-electron chi connectivity index (χ3n) is 4.16. The number of aryl methyl sites for hydroxylation is 1. The van der Waals surface area contributed by atoms with Crippen LogP contribution < -0.4 is 5.32 Å². The van der Waals surface area contributed by atoms with Crippen molar-refractivity contribution in [1.82, 2.24) is 14.9 Å². The molecule has 0 saturated carbocycles. The predicted molar refractivity (Wildman–Crippen MR) is 90.3 cm³/mol. The van der Waals surface area contributed by atoms with Crippen LogP contribution in [0.3, 0.4) is 0 Å². The molecular weight excluding hydrogens is 280 g/mol. The van der Waals surface area contributed by atoms with Crippen molar-refractivity contribution in [3.63, 3.8) is 0 Å². The molecule has 0 unspecified atom stereocenters. The Bertz CT molecular complexity index is 620. The molecule has 1 atom stereocenters. The van der Waals surface area contributed by atoms with Gasteiger partial charge >= 0.3 is 0 Å². The fourth-order valence-electron chi connectivity index (χ4n) is 3.02. The quantitative estimate of drug-likeness (QED) is 0.861. The van der Waals surface area contributed by atoms with E-state index in [4.69, 9.17) is 0 Å². The van der Waals surface area contributed by atoms with Gasteiger partial charge in [0.1, 0.15) is 17.0 Å². The molecule has 1 aliphatic carbocycles. The molecule has 0 fully saturated rings. The molecule has 0 amide bonds. The minimum atomic E-state index is 0.775. The predicted octanol–water partition coefficient (Wildman–Crippen LogP) is 3.18. The minimum absolute atomic E-state index is 0.775. The standard InChI is InChI=1S/C16H24N4S/c1-11-5-6-13-12(9-11)14-15(17-7-4-8-20(2)3)18-10-19-16(14)21-13/h10-11H,4-9H2,1-3H3,(H,17,18,19)/t11-/m0/s1. The van der Waals surface area contributed by atoms with Gasteiger partial charge in [-0.15, -0.1) is 11.3 Å². The summed E-state index contributed by atoms with van der Waals surface area (Å²) in [5.74, 6) is 1.81. The Morgan fingerprint density at radius 2 is 2.24 bits per heavy atom. The smallest absolute Gasteiger partial charge is 0.138 e. The van der Waals surface area contributed by atoms with Crippen molar-refractivity contribution in [3.8, 4) is 0 Å². The molecule has 1 N–H and O–H groups in total. The number of nitrogens with zero attached hydrogens (tertiary/aromatic N) is 3. The number of hydrogen-bond donors (Lipinski definition) is 1. The van der Waals surface area contributed by atoms with E-state index in [0.29, 0.717) is 0 Å². The number of nitrogens with one attached hydrogen (secondary N) is 1. The van der Waals surface area contributed by atoms with Crippen molar-refractivity contribution in [1.29, 1.82) is 0 Å². The Morgan fingerprint density at radius 3 is 3.05 bits per heavy atom. The average Bonchev–Trinajstić information content (AvgIpc) is 2.82. The molecule has 5 heteroatoms. The zero-order valence-electron chi connectivity index (χ0n) is 13.1. The summed E-state index contributed by atoms with van der Waals surface area (Å²) in [6.45, 7) is 4.41. The highest BCUT2D eigenvalue weighted by molar-refractivity contribution is 7.19. The van der Waals surface area contributed by atoms with E-state index in [0.717, 1.165) is 36.1 Å². The van der Waals surface area contributed by atoms with Crippen LogP contribution in [0.1, 0.15) is 30.2 Å². The third-order valence-corrected chi connectivity index (χ3v) is 5.36. The normalized spacial score (nSPS) is 18.2. The molecule has 0 aliphatic heterocycles. The zero-order valence-corrected chi connectivity index (χ0v) is 14.0. The molecule has 4 nitrogen and oxygen atoms in total. The van der Waals surface area contributed by atoms with Crippen molar-refractivity contribution >= 4 is 27.4 Å². The van der Waals surface area contributed by atoms with Crippen LogP contribution in [0, 0.1) is 5.92 Å². The largest absolute Gasteiger partial charge is 0.369 e. The van der Waals surface area contributed by atoms with E-state index >= 15 is 0 Å². The minimum Gasteiger partial charge on any atom is -0.369 e. The maximum absolute atomic E-state index is 4.50. The lowest BCUT2D eigenvalue weighted by molar-refractivity contribution is 0.405. The Hall–Kier alpha value is -1.20. The summed E-state index contributed by atoms with van der Waals surface area (Å²) in [5, 5.41) is 4.81. The summed E-state index contributed by atoms with van der Waals surface area (Å²) >= 11 is 1.86. The second-order valence-electron chi connectivity index (χ2n) is 6.34. The van der Waals surface area contributed by atoms with Gasteiger partial charge in [-0.2, -0.15) is 0 Å². The van der Waals surface area contributed by atoms with Gasteiger partial charge < -0.3 is 10.2 Å². The molecule has 2 aromatic rings. The van der Waals surface area contributed by atoms with Gasteiger partial charge in [-0.05, 0) is 57.8 Å². The fourth-order valence-corrected chi connectivity index (χ4v) is 4.20. The molecule has 0 radical (unpaired) electrons. The van der Waals surface area contributed by atoms with Crippen molar-refractivity contribution in [2.24, 2.45) is 5.92 Å². The number of thiophene rings is 1. The van der Waals surface area contributed by atoms with E-state index in [2.05, 4.69) is 41.2 Å². The summed E-state index contributed by atoms with van der Waals surface area (Å²) in [5.41, 5.74) is 1.50. The van der Waals surface area contributed by atoms with E-state index in [1.54, 1.807) is 6.33 Å². The third kappa shape index (κ3) is 3.19. The van der Waals surface area contributed by atoms with Gasteiger partial charge in [-0.25, -0.2) is 9.97 Å². The lowest BCUT2D eigenvalue weighted by atomic mass is 9.88. The monoisotopic (exact) mass is 304 g/mol. The summed E-state index contributed by atoms with van der Waals surface area (Å²) in [7, 11) is 4.22. The first kappa shape index (κ1) is 14.7. The van der Waals surface area contributed by atoms with Crippen LogP contribution in [0.4, 0.5) is 5.82 Å². The Labute approximate surface area is 130 Å². The Morgan fingerprint density at radius 1 is 1.38 bits per heavy atom. The molecule has 2 aromatic heterocycles. The van der Waals surface area contributed by atoms with Crippen LogP contribution >= 0.6 is 11.3 Å². The van der Waals surface area contributed by atoms with Crippen molar-refractivity contribution in [2.75, 3.05) is 32.5 Å². The van der Waals surface area contributed by atoms with Gasteiger partial charge in [0.25, 0.3) is 0 Å². The highest BCUT2D eigenvalue weighted by Gasteiger charge is 2.22. The van der Waals surface area contributed by atoms with Gasteiger partial charge in [-0.3, -0.25) is 0 Å². The van der Waals surface area contributed by atoms with Gasteiger partial charge in [-0.1, -0.05) is 6.92 Å². The van der Waals surface area contributed by atoms with E-state index in [1.165, 1.54) is 35.1 Å². The van der Waals surface area contributed by atoms with Crippen LogP contribution in [-0.4, -0.2) is 42.1 Å². The van der Waals surface area contributed by atoms with Crippen LogP contribution in [0.2, 0.25) is 0 Å².